The van der Waals surface area contributed by atoms with Crippen molar-refractivity contribution in [2.45, 2.75) is 0 Å². The summed E-state index contributed by atoms with van der Waals surface area (Å²) in [5.74, 6) is 0.0640. The fourth-order valence-corrected chi connectivity index (χ4v) is 3.06. The molecule has 2 aromatic rings. The van der Waals surface area contributed by atoms with E-state index < -0.39 is 0 Å². The largest absolute Gasteiger partial charge is 0.289 e. The molecule has 2 aromatic carbocycles. The lowest BCUT2D eigenvalue weighted by atomic mass is 10.1. The van der Waals surface area contributed by atoms with Crippen molar-refractivity contribution in [2.75, 3.05) is 0 Å². The average Bonchev–Trinajstić information content (AvgIpc) is 2.54. The van der Waals surface area contributed by atoms with Gasteiger partial charge in [0.25, 0.3) is 0 Å². The zero-order valence-electron chi connectivity index (χ0n) is 8.13. The summed E-state index contributed by atoms with van der Waals surface area (Å²) in [5.41, 5.74) is 3.34. The number of halogens is 2. The Morgan fingerprint density at radius 1 is 1.00 bits per heavy atom. The molecule has 0 spiro atoms. The Hall–Kier alpha value is -1.12. The van der Waals surface area contributed by atoms with Gasteiger partial charge in [0, 0.05) is 20.6 Å². The first kappa shape index (κ1) is 10.1. The standard InChI is InChI=1S/C13H6BrClO/c14-11-6-7(15)5-10-8-3-1-2-4-9(8)13(16)12(10)11/h1-6H. The molecular weight excluding hydrogens is 287 g/mol. The molecule has 0 aliphatic heterocycles. The van der Waals surface area contributed by atoms with Crippen molar-refractivity contribution >= 4 is 33.3 Å². The van der Waals surface area contributed by atoms with Crippen molar-refractivity contribution in [1.29, 1.82) is 0 Å². The van der Waals surface area contributed by atoms with Crippen molar-refractivity contribution in [3.63, 3.8) is 0 Å². The second-order valence-electron chi connectivity index (χ2n) is 3.68. The van der Waals surface area contributed by atoms with Crippen LogP contribution in [0.15, 0.2) is 40.9 Å². The summed E-state index contributed by atoms with van der Waals surface area (Å²) in [7, 11) is 0. The molecular formula is C13H6BrClO. The first-order valence-corrected chi connectivity index (χ1v) is 5.99. The Morgan fingerprint density at radius 2 is 1.69 bits per heavy atom. The first-order chi connectivity index (χ1) is 7.68. The van der Waals surface area contributed by atoms with E-state index in [0.717, 1.165) is 21.2 Å². The van der Waals surface area contributed by atoms with Gasteiger partial charge in [-0.3, -0.25) is 4.79 Å². The Labute approximate surface area is 106 Å². The van der Waals surface area contributed by atoms with Crippen LogP contribution >= 0.6 is 27.5 Å². The van der Waals surface area contributed by atoms with Crippen LogP contribution in [0, 0.1) is 0 Å². The zero-order valence-corrected chi connectivity index (χ0v) is 10.5. The number of benzene rings is 2. The van der Waals surface area contributed by atoms with Gasteiger partial charge in [0.05, 0.1) is 0 Å². The van der Waals surface area contributed by atoms with Crippen molar-refractivity contribution < 1.29 is 4.79 Å². The quantitative estimate of drug-likeness (QED) is 0.603. The average molecular weight is 294 g/mol. The third kappa shape index (κ3) is 1.27. The third-order valence-corrected chi connectivity index (χ3v) is 3.59. The number of carbonyl (C=O) groups excluding carboxylic acids is 1. The lowest BCUT2D eigenvalue weighted by Gasteiger charge is -2.02. The van der Waals surface area contributed by atoms with E-state index in [4.69, 9.17) is 11.6 Å². The van der Waals surface area contributed by atoms with E-state index in [0.29, 0.717) is 10.6 Å². The maximum absolute atomic E-state index is 12.1. The van der Waals surface area contributed by atoms with E-state index in [1.54, 1.807) is 6.07 Å². The lowest BCUT2D eigenvalue weighted by molar-refractivity contribution is 0.104. The van der Waals surface area contributed by atoms with Gasteiger partial charge in [-0.1, -0.05) is 35.9 Å². The van der Waals surface area contributed by atoms with Gasteiger partial charge >= 0.3 is 0 Å². The molecule has 0 saturated heterocycles. The number of hydrogen-bond acceptors (Lipinski definition) is 1. The number of hydrogen-bond donors (Lipinski definition) is 0. The summed E-state index contributed by atoms with van der Waals surface area (Å²) in [5, 5.41) is 0.634. The minimum Gasteiger partial charge on any atom is -0.289 e. The molecule has 3 rings (SSSR count). The Bertz CT molecular complexity index is 619. The minimum absolute atomic E-state index is 0.0640. The van der Waals surface area contributed by atoms with Crippen LogP contribution < -0.4 is 0 Å². The molecule has 3 heteroatoms. The minimum atomic E-state index is 0.0640. The lowest BCUT2D eigenvalue weighted by Crippen LogP contribution is -1.95. The van der Waals surface area contributed by atoms with Crippen molar-refractivity contribution in [2.24, 2.45) is 0 Å². The molecule has 0 bridgehead atoms. The summed E-state index contributed by atoms with van der Waals surface area (Å²) in [6.07, 6.45) is 0. The highest BCUT2D eigenvalue weighted by Crippen LogP contribution is 2.41. The van der Waals surface area contributed by atoms with Gasteiger partial charge in [-0.05, 0) is 39.2 Å². The van der Waals surface area contributed by atoms with E-state index in [2.05, 4.69) is 15.9 Å². The Balaban J connectivity index is 2.42. The Morgan fingerprint density at radius 3 is 2.44 bits per heavy atom. The summed E-state index contributed by atoms with van der Waals surface area (Å²) < 4.78 is 0.760. The zero-order chi connectivity index (χ0) is 11.3. The molecule has 1 aliphatic carbocycles. The van der Waals surface area contributed by atoms with E-state index >= 15 is 0 Å². The molecule has 1 aliphatic rings. The van der Waals surface area contributed by atoms with Gasteiger partial charge in [0.1, 0.15) is 0 Å². The molecule has 0 radical (unpaired) electrons. The maximum atomic E-state index is 12.1. The van der Waals surface area contributed by atoms with Crippen LogP contribution in [-0.2, 0) is 0 Å². The van der Waals surface area contributed by atoms with Gasteiger partial charge < -0.3 is 0 Å². The highest BCUT2D eigenvalue weighted by Gasteiger charge is 2.28. The monoisotopic (exact) mass is 292 g/mol. The molecule has 0 aromatic heterocycles. The second kappa shape index (κ2) is 3.44. The predicted octanol–water partition coefficient (Wildman–Crippen LogP) is 4.31. The van der Waals surface area contributed by atoms with Crippen LogP contribution in [0.25, 0.3) is 11.1 Å². The third-order valence-electron chi connectivity index (χ3n) is 2.74. The molecule has 0 unspecified atom stereocenters. The fraction of sp³-hybridized carbons (Fsp3) is 0. The van der Waals surface area contributed by atoms with Gasteiger partial charge in [-0.2, -0.15) is 0 Å². The number of carbonyl (C=O) groups is 1. The normalized spacial score (nSPS) is 12.5. The number of ketones is 1. The molecule has 78 valence electrons. The van der Waals surface area contributed by atoms with Crippen LogP contribution in [0.2, 0.25) is 5.02 Å². The molecule has 0 atom stereocenters. The van der Waals surface area contributed by atoms with Crippen molar-refractivity contribution in [3.8, 4) is 11.1 Å². The molecule has 0 fully saturated rings. The molecule has 1 nitrogen and oxygen atoms in total. The van der Waals surface area contributed by atoms with E-state index in [-0.39, 0.29) is 5.78 Å². The van der Waals surface area contributed by atoms with Crippen LogP contribution in [0.4, 0.5) is 0 Å². The highest BCUT2D eigenvalue weighted by molar-refractivity contribution is 9.10. The summed E-state index contributed by atoms with van der Waals surface area (Å²) >= 11 is 9.39. The summed E-state index contributed by atoms with van der Waals surface area (Å²) in [6.45, 7) is 0. The number of fused-ring (bicyclic) bond motifs is 3. The van der Waals surface area contributed by atoms with Crippen molar-refractivity contribution in [1.82, 2.24) is 0 Å². The summed E-state index contributed by atoms with van der Waals surface area (Å²) in [6, 6.07) is 11.2. The molecule has 0 heterocycles. The first-order valence-electron chi connectivity index (χ1n) is 4.81. The van der Waals surface area contributed by atoms with Crippen LogP contribution in [0.3, 0.4) is 0 Å². The van der Waals surface area contributed by atoms with Gasteiger partial charge in [0.15, 0.2) is 5.78 Å². The molecule has 16 heavy (non-hydrogen) atoms. The number of rotatable bonds is 0. The smallest absolute Gasteiger partial charge is 0.195 e. The van der Waals surface area contributed by atoms with Crippen molar-refractivity contribution in [3.05, 3.63) is 57.0 Å². The van der Waals surface area contributed by atoms with Gasteiger partial charge in [0.2, 0.25) is 0 Å². The molecule has 0 saturated carbocycles. The maximum Gasteiger partial charge on any atom is 0.195 e. The predicted molar refractivity (Wildman–Crippen MR) is 68.0 cm³/mol. The van der Waals surface area contributed by atoms with E-state index in [1.165, 1.54) is 0 Å². The molecule has 0 amide bonds. The topological polar surface area (TPSA) is 17.1 Å². The second-order valence-corrected chi connectivity index (χ2v) is 4.98. The summed E-state index contributed by atoms with van der Waals surface area (Å²) in [4.78, 5) is 12.1. The van der Waals surface area contributed by atoms with Gasteiger partial charge in [-0.15, -0.1) is 0 Å². The van der Waals surface area contributed by atoms with Crippen LogP contribution in [-0.4, -0.2) is 5.78 Å². The van der Waals surface area contributed by atoms with E-state index in [9.17, 15) is 4.79 Å². The van der Waals surface area contributed by atoms with Crippen LogP contribution in [0.1, 0.15) is 15.9 Å². The Kier molecular flexibility index (Phi) is 2.16. The fourth-order valence-electron chi connectivity index (χ4n) is 2.07. The SMILES string of the molecule is O=C1c2ccccc2-c2cc(Cl)cc(Br)c21. The van der Waals surface area contributed by atoms with Gasteiger partial charge in [-0.25, -0.2) is 0 Å². The highest BCUT2D eigenvalue weighted by atomic mass is 79.9. The van der Waals surface area contributed by atoms with Crippen LogP contribution in [0.5, 0.6) is 0 Å². The molecule has 0 N–H and O–H groups in total. The van der Waals surface area contributed by atoms with E-state index in [1.807, 2.05) is 30.3 Å².